The van der Waals surface area contributed by atoms with E-state index in [-0.39, 0.29) is 5.91 Å². The number of carbonyl (C=O) groups is 1. The fourth-order valence-corrected chi connectivity index (χ4v) is 1.78. The van der Waals surface area contributed by atoms with Gasteiger partial charge in [-0.1, -0.05) is 18.2 Å². The highest BCUT2D eigenvalue weighted by Crippen LogP contribution is 2.22. The molecule has 3 heteroatoms. The average Bonchev–Trinajstić information content (AvgIpc) is 2.52. The Kier molecular flexibility index (Phi) is 3.25. The summed E-state index contributed by atoms with van der Waals surface area (Å²) in [7, 11) is 1.64. The van der Waals surface area contributed by atoms with E-state index in [4.69, 9.17) is 4.74 Å². The second kappa shape index (κ2) is 4.84. The van der Waals surface area contributed by atoms with Crippen LogP contribution in [0.4, 0.5) is 5.69 Å². The molecule has 1 aliphatic heterocycles. The molecule has 0 unspecified atom stereocenters. The Balaban J connectivity index is 2.32. The van der Waals surface area contributed by atoms with Crippen LogP contribution in [0.1, 0.15) is 19.3 Å². The predicted molar refractivity (Wildman–Crippen MR) is 62.9 cm³/mol. The standard InChI is InChI=1S/C13H15NO2/c1-16-12-8-5-9-13(15)14(10-12)11-6-3-2-4-7-11/h2-4,6-7,10H,5,8-9H2,1H3. The number of anilines is 1. The largest absolute Gasteiger partial charge is 0.500 e. The molecule has 0 N–H and O–H groups in total. The van der Waals surface area contributed by atoms with Crippen LogP contribution >= 0.6 is 0 Å². The predicted octanol–water partition coefficient (Wildman–Crippen LogP) is 2.69. The molecule has 2 rings (SSSR count). The molecule has 0 saturated carbocycles. The molecule has 84 valence electrons. The highest BCUT2D eigenvalue weighted by atomic mass is 16.5. The van der Waals surface area contributed by atoms with Gasteiger partial charge in [-0.15, -0.1) is 0 Å². The van der Waals surface area contributed by atoms with E-state index in [9.17, 15) is 4.79 Å². The number of carbonyl (C=O) groups excluding carboxylic acids is 1. The maximum atomic E-state index is 11.9. The molecule has 1 aliphatic rings. The van der Waals surface area contributed by atoms with Crippen LogP contribution in [0.5, 0.6) is 0 Å². The average molecular weight is 217 g/mol. The minimum absolute atomic E-state index is 0.123. The molecule has 1 amide bonds. The van der Waals surface area contributed by atoms with Crippen LogP contribution in [0.3, 0.4) is 0 Å². The highest BCUT2D eigenvalue weighted by Gasteiger charge is 2.18. The first kappa shape index (κ1) is 10.7. The summed E-state index contributed by atoms with van der Waals surface area (Å²) in [6, 6.07) is 9.63. The van der Waals surface area contributed by atoms with Crippen molar-refractivity contribution in [2.24, 2.45) is 0 Å². The van der Waals surface area contributed by atoms with E-state index in [2.05, 4.69) is 0 Å². The number of ether oxygens (including phenoxy) is 1. The van der Waals surface area contributed by atoms with Gasteiger partial charge < -0.3 is 4.74 Å². The second-order valence-electron chi connectivity index (χ2n) is 3.75. The zero-order valence-corrected chi connectivity index (χ0v) is 9.35. The van der Waals surface area contributed by atoms with Crippen molar-refractivity contribution in [2.45, 2.75) is 19.3 Å². The van der Waals surface area contributed by atoms with E-state index >= 15 is 0 Å². The summed E-state index contributed by atoms with van der Waals surface area (Å²) in [6.07, 6.45) is 4.04. The Labute approximate surface area is 95.3 Å². The molecule has 0 aliphatic carbocycles. The Morgan fingerprint density at radius 3 is 2.62 bits per heavy atom. The van der Waals surface area contributed by atoms with Crippen LogP contribution < -0.4 is 4.90 Å². The topological polar surface area (TPSA) is 29.5 Å². The second-order valence-corrected chi connectivity index (χ2v) is 3.75. The van der Waals surface area contributed by atoms with Crippen molar-refractivity contribution >= 4 is 11.6 Å². The Bertz CT molecular complexity index is 398. The Morgan fingerprint density at radius 2 is 1.94 bits per heavy atom. The van der Waals surface area contributed by atoms with Gasteiger partial charge in [0.15, 0.2) is 0 Å². The third-order valence-electron chi connectivity index (χ3n) is 2.65. The van der Waals surface area contributed by atoms with Crippen molar-refractivity contribution in [3.05, 3.63) is 42.3 Å². The van der Waals surface area contributed by atoms with Crippen LogP contribution in [0.2, 0.25) is 0 Å². The lowest BCUT2D eigenvalue weighted by Gasteiger charge is -2.17. The van der Waals surface area contributed by atoms with Crippen molar-refractivity contribution in [2.75, 3.05) is 12.0 Å². The molecule has 0 saturated heterocycles. The quantitative estimate of drug-likeness (QED) is 0.762. The smallest absolute Gasteiger partial charge is 0.231 e. The van der Waals surface area contributed by atoms with Gasteiger partial charge >= 0.3 is 0 Å². The summed E-state index contributed by atoms with van der Waals surface area (Å²) in [4.78, 5) is 13.6. The van der Waals surface area contributed by atoms with Gasteiger partial charge in [0, 0.05) is 24.7 Å². The van der Waals surface area contributed by atoms with Gasteiger partial charge in [0.2, 0.25) is 5.91 Å². The van der Waals surface area contributed by atoms with Gasteiger partial charge in [-0.3, -0.25) is 9.69 Å². The number of rotatable bonds is 2. The molecule has 0 fully saturated rings. The van der Waals surface area contributed by atoms with Gasteiger partial charge in [0.25, 0.3) is 0 Å². The summed E-state index contributed by atoms with van der Waals surface area (Å²) < 4.78 is 5.24. The van der Waals surface area contributed by atoms with Crippen LogP contribution in [0.15, 0.2) is 42.3 Å². The van der Waals surface area contributed by atoms with E-state index in [1.165, 1.54) is 0 Å². The van der Waals surface area contributed by atoms with E-state index < -0.39 is 0 Å². The lowest BCUT2D eigenvalue weighted by molar-refractivity contribution is -0.118. The van der Waals surface area contributed by atoms with Gasteiger partial charge in [-0.25, -0.2) is 0 Å². The minimum Gasteiger partial charge on any atom is -0.500 e. The molecule has 0 atom stereocenters. The number of allylic oxidation sites excluding steroid dienone is 1. The summed E-state index contributed by atoms with van der Waals surface area (Å²) in [5.74, 6) is 0.980. The molecular formula is C13H15NO2. The molecule has 0 radical (unpaired) electrons. The minimum atomic E-state index is 0.123. The summed E-state index contributed by atoms with van der Waals surface area (Å²) in [6.45, 7) is 0. The number of hydrogen-bond donors (Lipinski definition) is 0. The monoisotopic (exact) mass is 217 g/mol. The first-order valence-electron chi connectivity index (χ1n) is 5.43. The van der Waals surface area contributed by atoms with Crippen molar-refractivity contribution in [3.8, 4) is 0 Å². The van der Waals surface area contributed by atoms with Crippen LogP contribution in [0.25, 0.3) is 0 Å². The number of nitrogens with zero attached hydrogens (tertiary/aromatic N) is 1. The molecule has 1 aromatic rings. The fourth-order valence-electron chi connectivity index (χ4n) is 1.78. The molecule has 1 aromatic carbocycles. The Hall–Kier alpha value is -1.77. The van der Waals surface area contributed by atoms with E-state index in [1.54, 1.807) is 18.2 Å². The first-order chi connectivity index (χ1) is 7.81. The molecule has 3 nitrogen and oxygen atoms in total. The van der Waals surface area contributed by atoms with Crippen LogP contribution in [0, 0.1) is 0 Å². The zero-order chi connectivity index (χ0) is 11.4. The van der Waals surface area contributed by atoms with Gasteiger partial charge in [-0.2, -0.15) is 0 Å². The van der Waals surface area contributed by atoms with E-state index in [0.717, 1.165) is 24.3 Å². The van der Waals surface area contributed by atoms with Crippen LogP contribution in [-0.4, -0.2) is 13.0 Å². The maximum absolute atomic E-state index is 11.9. The highest BCUT2D eigenvalue weighted by molar-refractivity contribution is 5.95. The number of amides is 1. The zero-order valence-electron chi connectivity index (χ0n) is 9.35. The maximum Gasteiger partial charge on any atom is 0.231 e. The van der Waals surface area contributed by atoms with Crippen molar-refractivity contribution in [1.82, 2.24) is 0 Å². The van der Waals surface area contributed by atoms with Crippen LogP contribution in [-0.2, 0) is 9.53 Å². The SMILES string of the molecule is COC1=CN(c2ccccc2)C(=O)CCC1. The van der Waals surface area contributed by atoms with Gasteiger partial charge in [0.05, 0.1) is 7.11 Å². The summed E-state index contributed by atoms with van der Waals surface area (Å²) in [5.41, 5.74) is 0.893. The number of methoxy groups -OCH3 is 1. The molecular weight excluding hydrogens is 202 g/mol. The summed E-state index contributed by atoms with van der Waals surface area (Å²) >= 11 is 0. The third-order valence-corrected chi connectivity index (χ3v) is 2.65. The lowest BCUT2D eigenvalue weighted by atomic mass is 10.2. The number of para-hydroxylation sites is 1. The van der Waals surface area contributed by atoms with Gasteiger partial charge in [0.1, 0.15) is 5.76 Å². The molecule has 0 aromatic heterocycles. The summed E-state index contributed by atoms with van der Waals surface area (Å²) in [5, 5.41) is 0. The number of benzene rings is 1. The molecule has 16 heavy (non-hydrogen) atoms. The normalized spacial score (nSPS) is 16.7. The molecule has 0 bridgehead atoms. The molecule has 0 spiro atoms. The fraction of sp³-hybridized carbons (Fsp3) is 0.308. The van der Waals surface area contributed by atoms with Crippen molar-refractivity contribution in [3.63, 3.8) is 0 Å². The Morgan fingerprint density at radius 1 is 1.19 bits per heavy atom. The van der Waals surface area contributed by atoms with Crippen molar-refractivity contribution < 1.29 is 9.53 Å². The lowest BCUT2D eigenvalue weighted by Crippen LogP contribution is -2.24. The van der Waals surface area contributed by atoms with Crippen molar-refractivity contribution in [1.29, 1.82) is 0 Å². The molecule has 1 heterocycles. The van der Waals surface area contributed by atoms with E-state index in [1.807, 2.05) is 30.3 Å². The third kappa shape index (κ3) is 2.24. The van der Waals surface area contributed by atoms with Gasteiger partial charge in [-0.05, 0) is 18.6 Å². The van der Waals surface area contributed by atoms with E-state index in [0.29, 0.717) is 6.42 Å². The first-order valence-corrected chi connectivity index (χ1v) is 5.43. The number of hydrogen-bond acceptors (Lipinski definition) is 2.